The van der Waals surface area contributed by atoms with Gasteiger partial charge in [-0.05, 0) is 81.2 Å². The lowest BCUT2D eigenvalue weighted by Crippen LogP contribution is -2.34. The molecule has 1 aliphatic heterocycles. The quantitative estimate of drug-likeness (QED) is 0.790. The van der Waals surface area contributed by atoms with Crippen molar-refractivity contribution < 1.29 is 4.79 Å². The van der Waals surface area contributed by atoms with Crippen LogP contribution in [0.4, 0.5) is 0 Å². The summed E-state index contributed by atoms with van der Waals surface area (Å²) in [7, 11) is 0. The van der Waals surface area contributed by atoms with Crippen molar-refractivity contribution in [3.8, 4) is 0 Å². The summed E-state index contributed by atoms with van der Waals surface area (Å²) >= 11 is 0. The maximum atomic E-state index is 12.1. The Morgan fingerprint density at radius 3 is 2.67 bits per heavy atom. The van der Waals surface area contributed by atoms with Crippen LogP contribution in [0.3, 0.4) is 0 Å². The fourth-order valence-electron chi connectivity index (χ4n) is 5.07. The molecule has 4 unspecified atom stereocenters. The molecule has 3 heteroatoms. The Morgan fingerprint density at radius 1 is 1.19 bits per heavy atom. The van der Waals surface area contributed by atoms with Crippen LogP contribution in [0.5, 0.6) is 0 Å². The zero-order chi connectivity index (χ0) is 14.7. The minimum absolute atomic E-state index is 0.282. The fourth-order valence-corrected chi connectivity index (χ4v) is 5.07. The van der Waals surface area contributed by atoms with Crippen LogP contribution < -0.4 is 10.6 Å². The summed E-state index contributed by atoms with van der Waals surface area (Å²) in [6, 6.07) is 0. The molecule has 1 saturated heterocycles. The van der Waals surface area contributed by atoms with Crippen LogP contribution in [0.2, 0.25) is 0 Å². The summed E-state index contributed by atoms with van der Waals surface area (Å²) in [6.07, 6.45) is 10.3. The highest BCUT2D eigenvalue weighted by molar-refractivity contribution is 5.76. The van der Waals surface area contributed by atoms with Crippen molar-refractivity contribution in [2.24, 2.45) is 29.6 Å². The van der Waals surface area contributed by atoms with E-state index in [0.717, 1.165) is 49.7 Å². The molecule has 0 aromatic heterocycles. The standard InChI is InChI=1S/C18H32N2O/c1-13(15-4-7-19-8-5-15)10-18(21)20-9-6-17-12-14-2-3-16(17)11-14/h13-17,19H,2-12H2,1H3,(H,20,21). The molecule has 3 fully saturated rings. The maximum Gasteiger partial charge on any atom is 0.220 e. The average Bonchev–Trinajstić information content (AvgIpc) is 3.11. The lowest BCUT2D eigenvalue weighted by molar-refractivity contribution is -0.122. The Bertz CT molecular complexity index is 351. The van der Waals surface area contributed by atoms with Gasteiger partial charge in [0.2, 0.25) is 5.91 Å². The molecule has 1 heterocycles. The van der Waals surface area contributed by atoms with E-state index in [2.05, 4.69) is 17.6 Å². The zero-order valence-electron chi connectivity index (χ0n) is 13.6. The van der Waals surface area contributed by atoms with Crippen LogP contribution in [-0.2, 0) is 4.79 Å². The summed E-state index contributed by atoms with van der Waals surface area (Å²) < 4.78 is 0. The molecule has 0 spiro atoms. The molecule has 2 N–H and O–H groups in total. The summed E-state index contributed by atoms with van der Waals surface area (Å²) in [6.45, 7) is 5.42. The predicted molar refractivity (Wildman–Crippen MR) is 85.9 cm³/mol. The Morgan fingerprint density at radius 2 is 2.00 bits per heavy atom. The van der Waals surface area contributed by atoms with Gasteiger partial charge in [-0.25, -0.2) is 0 Å². The second-order valence-electron chi connectivity index (χ2n) is 7.84. The molecule has 2 bridgehead atoms. The first-order valence-corrected chi connectivity index (χ1v) is 9.19. The largest absolute Gasteiger partial charge is 0.356 e. The van der Waals surface area contributed by atoms with Crippen LogP contribution in [0.1, 0.15) is 58.3 Å². The van der Waals surface area contributed by atoms with Gasteiger partial charge in [-0.2, -0.15) is 0 Å². The van der Waals surface area contributed by atoms with E-state index >= 15 is 0 Å². The van der Waals surface area contributed by atoms with Crippen molar-refractivity contribution in [3.63, 3.8) is 0 Å². The first-order valence-electron chi connectivity index (χ1n) is 9.19. The molecule has 0 radical (unpaired) electrons. The third kappa shape index (κ3) is 4.00. The van der Waals surface area contributed by atoms with E-state index < -0.39 is 0 Å². The van der Waals surface area contributed by atoms with Gasteiger partial charge in [0, 0.05) is 13.0 Å². The normalized spacial score (nSPS) is 34.0. The molecule has 120 valence electrons. The Labute approximate surface area is 129 Å². The Balaban J connectivity index is 1.31. The van der Waals surface area contributed by atoms with Crippen molar-refractivity contribution in [3.05, 3.63) is 0 Å². The van der Waals surface area contributed by atoms with Crippen molar-refractivity contribution in [2.75, 3.05) is 19.6 Å². The van der Waals surface area contributed by atoms with Crippen LogP contribution >= 0.6 is 0 Å². The molecule has 2 saturated carbocycles. The van der Waals surface area contributed by atoms with E-state index in [9.17, 15) is 4.79 Å². The van der Waals surface area contributed by atoms with Gasteiger partial charge in [0.1, 0.15) is 0 Å². The summed E-state index contributed by atoms with van der Waals surface area (Å²) in [5.41, 5.74) is 0. The van der Waals surface area contributed by atoms with Crippen LogP contribution in [0.25, 0.3) is 0 Å². The van der Waals surface area contributed by atoms with Gasteiger partial charge >= 0.3 is 0 Å². The smallest absolute Gasteiger partial charge is 0.220 e. The minimum Gasteiger partial charge on any atom is -0.356 e. The molecule has 3 rings (SSSR count). The topological polar surface area (TPSA) is 41.1 Å². The van der Waals surface area contributed by atoms with E-state index in [1.54, 1.807) is 0 Å². The molecule has 2 aliphatic carbocycles. The van der Waals surface area contributed by atoms with Crippen LogP contribution in [0.15, 0.2) is 0 Å². The van der Waals surface area contributed by atoms with Gasteiger partial charge in [-0.15, -0.1) is 0 Å². The number of piperidine rings is 1. The van der Waals surface area contributed by atoms with Gasteiger partial charge < -0.3 is 10.6 Å². The number of hydrogen-bond donors (Lipinski definition) is 2. The van der Waals surface area contributed by atoms with Crippen LogP contribution in [0, 0.1) is 29.6 Å². The fraction of sp³-hybridized carbons (Fsp3) is 0.944. The van der Waals surface area contributed by atoms with E-state index in [-0.39, 0.29) is 5.91 Å². The number of nitrogens with one attached hydrogen (secondary N) is 2. The third-order valence-electron chi connectivity index (χ3n) is 6.42. The molecule has 3 nitrogen and oxygen atoms in total. The van der Waals surface area contributed by atoms with Gasteiger partial charge in [-0.3, -0.25) is 4.79 Å². The van der Waals surface area contributed by atoms with Crippen molar-refractivity contribution >= 4 is 5.91 Å². The highest BCUT2D eigenvalue weighted by Crippen LogP contribution is 2.49. The maximum absolute atomic E-state index is 12.1. The van der Waals surface area contributed by atoms with Crippen molar-refractivity contribution in [1.29, 1.82) is 0 Å². The summed E-state index contributed by atoms with van der Waals surface area (Å²) in [4.78, 5) is 12.1. The summed E-state index contributed by atoms with van der Waals surface area (Å²) in [5.74, 6) is 4.48. The van der Waals surface area contributed by atoms with Crippen molar-refractivity contribution in [1.82, 2.24) is 10.6 Å². The second-order valence-corrected chi connectivity index (χ2v) is 7.84. The first kappa shape index (κ1) is 15.3. The van der Waals surface area contributed by atoms with Gasteiger partial charge in [0.05, 0.1) is 0 Å². The highest BCUT2D eigenvalue weighted by Gasteiger charge is 2.38. The lowest BCUT2D eigenvalue weighted by atomic mass is 9.84. The third-order valence-corrected chi connectivity index (χ3v) is 6.42. The first-order chi connectivity index (χ1) is 10.2. The molecular weight excluding hydrogens is 260 g/mol. The number of carbonyl (C=O) groups excluding carboxylic acids is 1. The minimum atomic E-state index is 0.282. The van der Waals surface area contributed by atoms with E-state index in [1.807, 2.05) is 0 Å². The molecular formula is C18H32N2O. The molecule has 4 atom stereocenters. The zero-order valence-corrected chi connectivity index (χ0v) is 13.6. The number of amides is 1. The number of hydrogen-bond acceptors (Lipinski definition) is 2. The average molecular weight is 292 g/mol. The Hall–Kier alpha value is -0.570. The monoisotopic (exact) mass is 292 g/mol. The highest BCUT2D eigenvalue weighted by atomic mass is 16.1. The molecule has 3 aliphatic rings. The van der Waals surface area contributed by atoms with E-state index in [4.69, 9.17) is 0 Å². The number of rotatable bonds is 6. The summed E-state index contributed by atoms with van der Waals surface area (Å²) in [5, 5.41) is 6.59. The lowest BCUT2D eigenvalue weighted by Gasteiger charge is -2.28. The predicted octanol–water partition coefficient (Wildman–Crippen LogP) is 2.95. The van der Waals surface area contributed by atoms with E-state index in [1.165, 1.54) is 44.9 Å². The van der Waals surface area contributed by atoms with Gasteiger partial charge in [0.15, 0.2) is 0 Å². The number of fused-ring (bicyclic) bond motifs is 2. The SMILES string of the molecule is CC(CC(=O)NCCC1CC2CCC1C2)C1CCNCC1. The number of carbonyl (C=O) groups is 1. The van der Waals surface area contributed by atoms with Gasteiger partial charge in [-0.1, -0.05) is 13.3 Å². The van der Waals surface area contributed by atoms with Crippen molar-refractivity contribution in [2.45, 2.75) is 58.3 Å². The van der Waals surface area contributed by atoms with E-state index in [0.29, 0.717) is 5.92 Å². The Kier molecular flexibility index (Phi) is 5.20. The second kappa shape index (κ2) is 7.13. The molecule has 0 aromatic carbocycles. The van der Waals surface area contributed by atoms with Crippen LogP contribution in [-0.4, -0.2) is 25.5 Å². The molecule has 1 amide bonds. The molecule has 0 aromatic rings. The molecule has 21 heavy (non-hydrogen) atoms. The van der Waals surface area contributed by atoms with Gasteiger partial charge in [0.25, 0.3) is 0 Å².